The van der Waals surface area contributed by atoms with Crippen LogP contribution in [-0.2, 0) is 9.59 Å². The first kappa shape index (κ1) is 10.5. The van der Waals surface area contributed by atoms with Gasteiger partial charge in [-0.2, -0.15) is 0 Å². The zero-order chi connectivity index (χ0) is 9.89. The average Bonchev–Trinajstić information content (AvgIpc) is 1.85. The Labute approximate surface area is 69.2 Å². The van der Waals surface area contributed by atoms with Gasteiger partial charge in [0, 0.05) is 6.92 Å². The monoisotopic (exact) mass is 171 g/mol. The Bertz CT molecular complexity index is 261. The van der Waals surface area contributed by atoms with Crippen LogP contribution in [0.25, 0.3) is 0 Å². The second kappa shape index (κ2) is 3.75. The molecule has 0 aromatic carbocycles. The molecule has 0 heterocycles. The molecule has 0 radical (unpaired) electrons. The van der Waals surface area contributed by atoms with E-state index < -0.39 is 22.2 Å². The van der Waals surface area contributed by atoms with Gasteiger partial charge in [-0.05, 0) is 13.8 Å². The Hall–Kier alpha value is -1.52. The third-order valence-corrected chi connectivity index (χ3v) is 1.34. The number of Topliss-reactive ketones (excluding diaryl/α,β-unsaturated/α-hetero) is 2. The topological polar surface area (TPSA) is 77.3 Å². The van der Waals surface area contributed by atoms with Crippen molar-refractivity contribution in [1.29, 1.82) is 0 Å². The fraction of sp³-hybridized carbons (Fsp3) is 0.429. The van der Waals surface area contributed by atoms with Crippen LogP contribution < -0.4 is 0 Å². The van der Waals surface area contributed by atoms with E-state index >= 15 is 0 Å². The summed E-state index contributed by atoms with van der Waals surface area (Å²) in [5.41, 5.74) is -0.727. The van der Waals surface area contributed by atoms with Crippen molar-refractivity contribution in [3.05, 3.63) is 21.4 Å². The molecule has 0 unspecified atom stereocenters. The summed E-state index contributed by atoms with van der Waals surface area (Å²) in [4.78, 5) is 31.0. The van der Waals surface area contributed by atoms with Crippen molar-refractivity contribution < 1.29 is 14.5 Å². The maximum Gasteiger partial charge on any atom is 0.257 e. The van der Waals surface area contributed by atoms with Crippen LogP contribution in [0.15, 0.2) is 11.3 Å². The van der Waals surface area contributed by atoms with E-state index in [0.717, 1.165) is 20.8 Å². The van der Waals surface area contributed by atoms with Crippen LogP contribution in [0.4, 0.5) is 0 Å². The van der Waals surface area contributed by atoms with E-state index in [0.29, 0.717) is 0 Å². The maximum absolute atomic E-state index is 10.7. The number of nitrogens with zero attached hydrogens (tertiary/aromatic N) is 1. The molecule has 0 aliphatic heterocycles. The second-order valence-corrected chi connectivity index (χ2v) is 2.33. The molecular formula is C7H9NO4. The quantitative estimate of drug-likeness (QED) is 0.206. The minimum atomic E-state index is -0.738. The molecule has 0 saturated carbocycles. The smallest absolute Gasteiger partial charge is 0.257 e. The lowest BCUT2D eigenvalue weighted by Crippen LogP contribution is -2.12. The summed E-state index contributed by atoms with van der Waals surface area (Å²) in [7, 11) is 0. The molecule has 0 aliphatic rings. The zero-order valence-electron chi connectivity index (χ0n) is 7.08. The molecule has 0 aromatic heterocycles. The molecule has 5 heteroatoms. The molecule has 0 aromatic rings. The first-order valence-corrected chi connectivity index (χ1v) is 3.25. The van der Waals surface area contributed by atoms with E-state index in [9.17, 15) is 19.7 Å². The third-order valence-electron chi connectivity index (χ3n) is 1.34. The third kappa shape index (κ3) is 2.26. The molecule has 12 heavy (non-hydrogen) atoms. The van der Waals surface area contributed by atoms with Gasteiger partial charge in [0.2, 0.25) is 0 Å². The summed E-state index contributed by atoms with van der Waals surface area (Å²) in [5.74, 6) is -1.14. The number of hydrogen-bond donors (Lipinski definition) is 0. The van der Waals surface area contributed by atoms with Gasteiger partial charge < -0.3 is 0 Å². The highest BCUT2D eigenvalue weighted by Gasteiger charge is 2.20. The summed E-state index contributed by atoms with van der Waals surface area (Å²) >= 11 is 0. The average molecular weight is 171 g/mol. The van der Waals surface area contributed by atoms with Gasteiger partial charge in [-0.3, -0.25) is 19.7 Å². The predicted molar refractivity (Wildman–Crippen MR) is 41.1 cm³/mol. The number of nitro groups is 1. The Balaban J connectivity index is 5.23. The molecule has 66 valence electrons. The van der Waals surface area contributed by atoms with Crippen LogP contribution in [-0.4, -0.2) is 16.5 Å². The lowest BCUT2D eigenvalue weighted by atomic mass is 10.1. The summed E-state index contributed by atoms with van der Waals surface area (Å²) in [6.07, 6.45) is 0. The largest absolute Gasteiger partial charge is 0.294 e. The second-order valence-electron chi connectivity index (χ2n) is 2.33. The molecule has 0 saturated heterocycles. The van der Waals surface area contributed by atoms with Crippen molar-refractivity contribution >= 4 is 11.6 Å². The van der Waals surface area contributed by atoms with Gasteiger partial charge in [-0.1, -0.05) is 0 Å². The Kier molecular flexibility index (Phi) is 3.28. The first-order chi connectivity index (χ1) is 5.37. The van der Waals surface area contributed by atoms with Crippen molar-refractivity contribution in [1.82, 2.24) is 0 Å². The number of ketones is 2. The Morgan fingerprint density at radius 2 is 1.42 bits per heavy atom. The number of rotatable bonds is 3. The molecule has 5 nitrogen and oxygen atoms in total. The van der Waals surface area contributed by atoms with Gasteiger partial charge >= 0.3 is 0 Å². The van der Waals surface area contributed by atoms with Crippen molar-refractivity contribution in [3.8, 4) is 0 Å². The van der Waals surface area contributed by atoms with E-state index in [4.69, 9.17) is 0 Å². The molecule has 0 amide bonds. The highest BCUT2D eigenvalue weighted by molar-refractivity contribution is 6.18. The number of carbonyl (C=O) groups is 2. The highest BCUT2D eigenvalue weighted by atomic mass is 16.6. The SMILES string of the molecule is CC(=O)C(C(C)=O)=C(C)[N+](=O)[O-]. The van der Waals surface area contributed by atoms with Gasteiger partial charge in [0.1, 0.15) is 5.57 Å². The minimum absolute atomic E-state index is 0.333. The lowest BCUT2D eigenvalue weighted by molar-refractivity contribution is -0.425. The normalized spacial score (nSPS) is 8.92. The minimum Gasteiger partial charge on any atom is -0.294 e. The number of carbonyl (C=O) groups excluding carboxylic acids is 2. The van der Waals surface area contributed by atoms with Gasteiger partial charge in [-0.25, -0.2) is 0 Å². The van der Waals surface area contributed by atoms with Gasteiger partial charge in [0.15, 0.2) is 11.6 Å². The van der Waals surface area contributed by atoms with Crippen molar-refractivity contribution in [2.24, 2.45) is 0 Å². The van der Waals surface area contributed by atoms with Crippen molar-refractivity contribution in [2.75, 3.05) is 0 Å². The highest BCUT2D eigenvalue weighted by Crippen LogP contribution is 2.06. The van der Waals surface area contributed by atoms with Crippen LogP contribution in [0.3, 0.4) is 0 Å². The Morgan fingerprint density at radius 1 is 1.08 bits per heavy atom. The van der Waals surface area contributed by atoms with Crippen LogP contribution in [0.2, 0.25) is 0 Å². The maximum atomic E-state index is 10.7. The standard InChI is InChI=1S/C7H9NO4/c1-4(8(11)12)7(5(2)9)6(3)10/h1-3H3. The molecule has 0 rings (SSSR count). The summed E-state index contributed by atoms with van der Waals surface area (Å²) in [6.45, 7) is 3.39. The Morgan fingerprint density at radius 3 is 1.50 bits per heavy atom. The first-order valence-electron chi connectivity index (χ1n) is 3.25. The van der Waals surface area contributed by atoms with Crippen molar-refractivity contribution in [3.63, 3.8) is 0 Å². The van der Waals surface area contributed by atoms with E-state index in [1.54, 1.807) is 0 Å². The summed E-state index contributed by atoms with van der Waals surface area (Å²) in [5, 5.41) is 10.2. The molecule has 0 aliphatic carbocycles. The molecular weight excluding hydrogens is 162 g/mol. The molecule has 0 N–H and O–H groups in total. The number of allylic oxidation sites excluding steroid dienone is 2. The van der Waals surface area contributed by atoms with Gasteiger partial charge in [0.25, 0.3) is 5.70 Å². The fourth-order valence-corrected chi connectivity index (χ4v) is 0.849. The van der Waals surface area contributed by atoms with Crippen molar-refractivity contribution in [2.45, 2.75) is 20.8 Å². The van der Waals surface area contributed by atoms with Gasteiger partial charge in [0.05, 0.1) is 4.92 Å². The van der Waals surface area contributed by atoms with Crippen LogP contribution >= 0.6 is 0 Å². The van der Waals surface area contributed by atoms with E-state index in [1.165, 1.54) is 0 Å². The fourth-order valence-electron chi connectivity index (χ4n) is 0.849. The molecule has 0 atom stereocenters. The van der Waals surface area contributed by atoms with Crippen LogP contribution in [0.1, 0.15) is 20.8 Å². The molecule has 0 fully saturated rings. The summed E-state index contributed by atoms with van der Waals surface area (Å²) in [6, 6.07) is 0. The van der Waals surface area contributed by atoms with Crippen LogP contribution in [0, 0.1) is 10.1 Å². The predicted octanol–water partition coefficient (Wildman–Crippen LogP) is 0.715. The van der Waals surface area contributed by atoms with E-state index in [-0.39, 0.29) is 5.57 Å². The van der Waals surface area contributed by atoms with E-state index in [1.807, 2.05) is 0 Å². The van der Waals surface area contributed by atoms with Gasteiger partial charge in [-0.15, -0.1) is 0 Å². The molecule has 0 spiro atoms. The zero-order valence-corrected chi connectivity index (χ0v) is 7.08. The van der Waals surface area contributed by atoms with E-state index in [2.05, 4.69) is 0 Å². The van der Waals surface area contributed by atoms with Crippen LogP contribution in [0.5, 0.6) is 0 Å². The molecule has 0 bridgehead atoms. The number of hydrogen-bond acceptors (Lipinski definition) is 4. The lowest BCUT2D eigenvalue weighted by Gasteiger charge is -1.96. The summed E-state index contributed by atoms with van der Waals surface area (Å²) < 4.78 is 0.